The highest BCUT2D eigenvalue weighted by molar-refractivity contribution is 4.93. The normalized spacial score (nSPS) is 21.4. The van der Waals surface area contributed by atoms with Gasteiger partial charge in [0.2, 0.25) is 0 Å². The summed E-state index contributed by atoms with van der Waals surface area (Å²) < 4.78 is 0. The van der Waals surface area contributed by atoms with Crippen LogP contribution in [0.1, 0.15) is 51.9 Å². The molecular formula is C15H30N2. The third-order valence-electron chi connectivity index (χ3n) is 4.32. The lowest BCUT2D eigenvalue weighted by molar-refractivity contribution is 0.0955. The third kappa shape index (κ3) is 4.44. The molecule has 1 aliphatic carbocycles. The van der Waals surface area contributed by atoms with Gasteiger partial charge in [-0.15, -0.1) is 6.58 Å². The zero-order valence-corrected chi connectivity index (χ0v) is 12.0. The summed E-state index contributed by atoms with van der Waals surface area (Å²) in [4.78, 5) is 2.44. The number of rotatable bonds is 7. The van der Waals surface area contributed by atoms with Crippen molar-refractivity contribution in [2.45, 2.75) is 63.5 Å². The fourth-order valence-corrected chi connectivity index (χ4v) is 2.83. The van der Waals surface area contributed by atoms with Crippen LogP contribution in [0.5, 0.6) is 0 Å². The van der Waals surface area contributed by atoms with E-state index in [1.807, 2.05) is 6.08 Å². The lowest BCUT2D eigenvalue weighted by atomic mass is 9.80. The third-order valence-corrected chi connectivity index (χ3v) is 4.32. The fraction of sp³-hybridized carbons (Fsp3) is 0.867. The Morgan fingerprint density at radius 2 is 1.94 bits per heavy atom. The molecule has 0 aromatic carbocycles. The second-order valence-corrected chi connectivity index (χ2v) is 5.83. The van der Waals surface area contributed by atoms with Crippen LogP contribution >= 0.6 is 0 Å². The van der Waals surface area contributed by atoms with Crippen LogP contribution in [-0.4, -0.2) is 37.1 Å². The van der Waals surface area contributed by atoms with E-state index >= 15 is 0 Å². The van der Waals surface area contributed by atoms with Gasteiger partial charge < -0.3 is 10.2 Å². The molecule has 1 rings (SSSR count). The first-order chi connectivity index (χ1) is 8.10. The van der Waals surface area contributed by atoms with Crippen LogP contribution in [0.25, 0.3) is 0 Å². The Kier molecular flexibility index (Phi) is 6.21. The molecule has 1 atom stereocenters. The van der Waals surface area contributed by atoms with Gasteiger partial charge >= 0.3 is 0 Å². The van der Waals surface area contributed by atoms with E-state index < -0.39 is 0 Å². The SMILES string of the molecule is C=CCCC(C)NCC1(N(C)C)CCCCC1. The van der Waals surface area contributed by atoms with E-state index in [1.54, 1.807) is 0 Å². The molecule has 2 heteroatoms. The molecule has 1 aliphatic rings. The lowest BCUT2D eigenvalue weighted by Crippen LogP contribution is -2.54. The molecule has 1 fully saturated rings. The predicted molar refractivity (Wildman–Crippen MR) is 76.4 cm³/mol. The molecular weight excluding hydrogens is 208 g/mol. The Labute approximate surface area is 107 Å². The van der Waals surface area contributed by atoms with Gasteiger partial charge in [-0.1, -0.05) is 25.3 Å². The Morgan fingerprint density at radius 3 is 2.47 bits per heavy atom. The Bertz CT molecular complexity index is 217. The van der Waals surface area contributed by atoms with Crippen LogP contribution in [-0.2, 0) is 0 Å². The average molecular weight is 238 g/mol. The Hall–Kier alpha value is -0.340. The fourth-order valence-electron chi connectivity index (χ4n) is 2.83. The number of likely N-dealkylation sites (N-methyl/N-ethyl adjacent to an activating group) is 1. The maximum Gasteiger partial charge on any atom is 0.0327 e. The molecule has 1 saturated carbocycles. The van der Waals surface area contributed by atoms with Crippen LogP contribution < -0.4 is 5.32 Å². The van der Waals surface area contributed by atoms with Crippen molar-refractivity contribution in [3.8, 4) is 0 Å². The molecule has 0 aliphatic heterocycles. The highest BCUT2D eigenvalue weighted by atomic mass is 15.2. The molecule has 100 valence electrons. The standard InChI is InChI=1S/C15H30N2/c1-5-6-10-14(2)16-13-15(17(3)4)11-8-7-9-12-15/h5,14,16H,1,6-13H2,2-4H3. The minimum atomic E-state index is 0.403. The molecule has 0 heterocycles. The maximum absolute atomic E-state index is 3.79. The molecule has 2 nitrogen and oxygen atoms in total. The average Bonchev–Trinajstić information content (AvgIpc) is 2.34. The van der Waals surface area contributed by atoms with E-state index in [0.717, 1.165) is 13.0 Å². The van der Waals surface area contributed by atoms with Crippen molar-refractivity contribution in [3.05, 3.63) is 12.7 Å². The number of nitrogens with zero attached hydrogens (tertiary/aromatic N) is 1. The van der Waals surface area contributed by atoms with Gasteiger partial charge in [0.15, 0.2) is 0 Å². The van der Waals surface area contributed by atoms with Crippen LogP contribution in [0, 0.1) is 0 Å². The summed E-state index contributed by atoms with van der Waals surface area (Å²) in [6, 6.07) is 0.603. The highest BCUT2D eigenvalue weighted by Crippen LogP contribution is 2.31. The smallest absolute Gasteiger partial charge is 0.0327 e. The van der Waals surface area contributed by atoms with E-state index in [9.17, 15) is 0 Å². The molecule has 0 spiro atoms. The first-order valence-electron chi connectivity index (χ1n) is 7.12. The summed E-state index contributed by atoms with van der Waals surface area (Å²) in [6.07, 6.45) is 11.2. The van der Waals surface area contributed by atoms with Gasteiger partial charge in [0.05, 0.1) is 0 Å². The van der Waals surface area contributed by atoms with Crippen molar-refractivity contribution >= 4 is 0 Å². The summed E-state index contributed by atoms with van der Waals surface area (Å²) >= 11 is 0. The first kappa shape index (κ1) is 14.7. The van der Waals surface area contributed by atoms with Crippen molar-refractivity contribution in [1.82, 2.24) is 10.2 Å². The van der Waals surface area contributed by atoms with Gasteiger partial charge in [-0.3, -0.25) is 0 Å². The highest BCUT2D eigenvalue weighted by Gasteiger charge is 2.33. The summed E-state index contributed by atoms with van der Waals surface area (Å²) in [7, 11) is 4.48. The van der Waals surface area contributed by atoms with Gasteiger partial charge in [0.25, 0.3) is 0 Å². The van der Waals surface area contributed by atoms with Gasteiger partial charge in [0, 0.05) is 18.1 Å². The van der Waals surface area contributed by atoms with Crippen molar-refractivity contribution in [1.29, 1.82) is 0 Å². The number of allylic oxidation sites excluding steroid dienone is 1. The monoisotopic (exact) mass is 238 g/mol. The largest absolute Gasteiger partial charge is 0.312 e. The van der Waals surface area contributed by atoms with Crippen molar-refractivity contribution in [3.63, 3.8) is 0 Å². The van der Waals surface area contributed by atoms with Gasteiger partial charge in [0.1, 0.15) is 0 Å². The molecule has 1 unspecified atom stereocenters. The van der Waals surface area contributed by atoms with Crippen LogP contribution in [0.2, 0.25) is 0 Å². The van der Waals surface area contributed by atoms with E-state index in [2.05, 4.69) is 37.8 Å². The summed E-state index contributed by atoms with van der Waals surface area (Å²) in [5.41, 5.74) is 0.403. The van der Waals surface area contributed by atoms with Crippen LogP contribution in [0.4, 0.5) is 0 Å². The zero-order chi connectivity index (χ0) is 12.7. The van der Waals surface area contributed by atoms with E-state index in [1.165, 1.54) is 38.5 Å². The predicted octanol–water partition coefficient (Wildman–Crippen LogP) is 3.20. The summed E-state index contributed by atoms with van der Waals surface area (Å²) in [5.74, 6) is 0. The van der Waals surface area contributed by atoms with Gasteiger partial charge in [-0.2, -0.15) is 0 Å². The van der Waals surface area contributed by atoms with E-state index in [4.69, 9.17) is 0 Å². The van der Waals surface area contributed by atoms with Gasteiger partial charge in [-0.05, 0) is 46.7 Å². The quantitative estimate of drug-likeness (QED) is 0.685. The topological polar surface area (TPSA) is 15.3 Å². The molecule has 0 aromatic rings. The van der Waals surface area contributed by atoms with Gasteiger partial charge in [-0.25, -0.2) is 0 Å². The van der Waals surface area contributed by atoms with Crippen LogP contribution in [0.15, 0.2) is 12.7 Å². The number of hydrogen-bond acceptors (Lipinski definition) is 2. The van der Waals surface area contributed by atoms with E-state index in [0.29, 0.717) is 11.6 Å². The van der Waals surface area contributed by atoms with Crippen molar-refractivity contribution in [2.75, 3.05) is 20.6 Å². The van der Waals surface area contributed by atoms with E-state index in [-0.39, 0.29) is 0 Å². The van der Waals surface area contributed by atoms with Crippen molar-refractivity contribution < 1.29 is 0 Å². The lowest BCUT2D eigenvalue weighted by Gasteiger charge is -2.44. The molecule has 17 heavy (non-hydrogen) atoms. The summed E-state index contributed by atoms with van der Waals surface area (Å²) in [6.45, 7) is 7.21. The zero-order valence-electron chi connectivity index (χ0n) is 12.0. The Morgan fingerprint density at radius 1 is 1.29 bits per heavy atom. The maximum atomic E-state index is 3.79. The minimum Gasteiger partial charge on any atom is -0.312 e. The molecule has 0 bridgehead atoms. The molecule has 0 saturated heterocycles. The van der Waals surface area contributed by atoms with Crippen LogP contribution in [0.3, 0.4) is 0 Å². The molecule has 0 aromatic heterocycles. The Balaban J connectivity index is 2.41. The second kappa shape index (κ2) is 7.17. The first-order valence-corrected chi connectivity index (χ1v) is 7.12. The molecule has 0 radical (unpaired) electrons. The number of nitrogens with one attached hydrogen (secondary N) is 1. The van der Waals surface area contributed by atoms with Crippen molar-refractivity contribution in [2.24, 2.45) is 0 Å². The second-order valence-electron chi connectivity index (χ2n) is 5.83. The summed E-state index contributed by atoms with van der Waals surface area (Å²) in [5, 5.41) is 3.72. The number of hydrogen-bond donors (Lipinski definition) is 1. The minimum absolute atomic E-state index is 0.403. The molecule has 1 N–H and O–H groups in total. The molecule has 0 amide bonds.